The van der Waals surface area contributed by atoms with Crippen molar-refractivity contribution in [3.8, 4) is 0 Å². The van der Waals surface area contributed by atoms with Crippen LogP contribution in [-0.2, 0) is 10.3 Å². The second-order valence-corrected chi connectivity index (χ2v) is 5.10. The van der Waals surface area contributed by atoms with E-state index >= 15 is 0 Å². The van der Waals surface area contributed by atoms with Gasteiger partial charge in [0, 0.05) is 24.8 Å². The molecule has 0 radical (unpaired) electrons. The molecule has 1 rings (SSSR count). The van der Waals surface area contributed by atoms with E-state index in [-0.39, 0.29) is 18.1 Å². The maximum absolute atomic E-state index is 11.6. The SMILES string of the molecule is CCCCC(=O)Nc1cn(C(C)(C)CCO)cn1. The van der Waals surface area contributed by atoms with Crippen molar-refractivity contribution in [1.82, 2.24) is 9.55 Å². The first kappa shape index (κ1) is 14.7. The molecule has 18 heavy (non-hydrogen) atoms. The number of rotatable bonds is 7. The van der Waals surface area contributed by atoms with Crippen LogP contribution in [0.15, 0.2) is 12.5 Å². The van der Waals surface area contributed by atoms with Crippen LogP contribution in [0.2, 0.25) is 0 Å². The predicted molar refractivity (Wildman–Crippen MR) is 71.4 cm³/mol. The van der Waals surface area contributed by atoms with Crippen LogP contribution >= 0.6 is 0 Å². The minimum Gasteiger partial charge on any atom is -0.396 e. The molecule has 1 aromatic heterocycles. The van der Waals surface area contributed by atoms with Gasteiger partial charge in [0.25, 0.3) is 0 Å². The number of aliphatic hydroxyl groups excluding tert-OH is 1. The lowest BCUT2D eigenvalue weighted by molar-refractivity contribution is -0.116. The quantitative estimate of drug-likeness (QED) is 0.782. The van der Waals surface area contributed by atoms with Crippen molar-refractivity contribution < 1.29 is 9.90 Å². The monoisotopic (exact) mass is 253 g/mol. The average molecular weight is 253 g/mol. The van der Waals surface area contributed by atoms with Gasteiger partial charge in [-0.25, -0.2) is 4.98 Å². The zero-order chi connectivity index (χ0) is 13.6. The summed E-state index contributed by atoms with van der Waals surface area (Å²) >= 11 is 0. The van der Waals surface area contributed by atoms with Crippen LogP contribution in [0.4, 0.5) is 5.82 Å². The highest BCUT2D eigenvalue weighted by molar-refractivity contribution is 5.89. The van der Waals surface area contributed by atoms with E-state index in [4.69, 9.17) is 5.11 Å². The molecule has 0 aliphatic rings. The van der Waals surface area contributed by atoms with Crippen LogP contribution < -0.4 is 5.32 Å². The van der Waals surface area contributed by atoms with Crippen molar-refractivity contribution in [2.24, 2.45) is 0 Å². The molecule has 102 valence electrons. The van der Waals surface area contributed by atoms with E-state index < -0.39 is 0 Å². The van der Waals surface area contributed by atoms with Crippen LogP contribution in [-0.4, -0.2) is 27.2 Å². The van der Waals surface area contributed by atoms with E-state index in [9.17, 15) is 4.79 Å². The average Bonchev–Trinajstić information content (AvgIpc) is 2.75. The third-order valence-corrected chi connectivity index (χ3v) is 3.03. The first-order valence-corrected chi connectivity index (χ1v) is 6.45. The molecular weight excluding hydrogens is 230 g/mol. The fourth-order valence-corrected chi connectivity index (χ4v) is 1.66. The van der Waals surface area contributed by atoms with Gasteiger partial charge >= 0.3 is 0 Å². The van der Waals surface area contributed by atoms with Gasteiger partial charge in [0.05, 0.1) is 6.33 Å². The second-order valence-electron chi connectivity index (χ2n) is 5.10. The number of anilines is 1. The molecule has 5 nitrogen and oxygen atoms in total. The first-order valence-electron chi connectivity index (χ1n) is 6.45. The molecule has 0 aliphatic heterocycles. The van der Waals surface area contributed by atoms with Gasteiger partial charge in [-0.1, -0.05) is 13.3 Å². The van der Waals surface area contributed by atoms with E-state index in [2.05, 4.69) is 17.2 Å². The van der Waals surface area contributed by atoms with Crippen LogP contribution in [0.1, 0.15) is 46.5 Å². The van der Waals surface area contributed by atoms with Crippen LogP contribution in [0.5, 0.6) is 0 Å². The lowest BCUT2D eigenvalue weighted by atomic mass is 10.0. The highest BCUT2D eigenvalue weighted by Gasteiger charge is 2.19. The minimum atomic E-state index is -0.200. The molecule has 0 aliphatic carbocycles. The van der Waals surface area contributed by atoms with Crippen LogP contribution in [0.3, 0.4) is 0 Å². The molecule has 0 spiro atoms. The highest BCUT2D eigenvalue weighted by Crippen LogP contribution is 2.20. The number of unbranched alkanes of at least 4 members (excludes halogenated alkanes) is 1. The van der Waals surface area contributed by atoms with Gasteiger partial charge in [0.2, 0.25) is 5.91 Å². The molecule has 0 bridgehead atoms. The molecule has 5 heteroatoms. The minimum absolute atomic E-state index is 0.00191. The van der Waals surface area contributed by atoms with Gasteiger partial charge in [-0.2, -0.15) is 0 Å². The smallest absolute Gasteiger partial charge is 0.225 e. The van der Waals surface area contributed by atoms with Gasteiger partial charge < -0.3 is 15.0 Å². The Labute approximate surface area is 108 Å². The van der Waals surface area contributed by atoms with Crippen molar-refractivity contribution in [3.05, 3.63) is 12.5 Å². The van der Waals surface area contributed by atoms with Crippen LogP contribution in [0, 0.1) is 0 Å². The predicted octanol–water partition coefficient (Wildman–Crippen LogP) is 2.13. The largest absolute Gasteiger partial charge is 0.396 e. The summed E-state index contributed by atoms with van der Waals surface area (Å²) in [7, 11) is 0. The summed E-state index contributed by atoms with van der Waals surface area (Å²) in [5, 5.41) is 11.8. The van der Waals surface area contributed by atoms with Crippen molar-refractivity contribution >= 4 is 11.7 Å². The summed E-state index contributed by atoms with van der Waals surface area (Å²) in [6, 6.07) is 0. The molecular formula is C13H23N3O2. The molecule has 2 N–H and O–H groups in total. The summed E-state index contributed by atoms with van der Waals surface area (Å²) in [6.07, 6.45) is 6.56. The zero-order valence-corrected chi connectivity index (χ0v) is 11.4. The summed E-state index contributed by atoms with van der Waals surface area (Å²) < 4.78 is 1.92. The Morgan fingerprint density at radius 3 is 2.89 bits per heavy atom. The van der Waals surface area contributed by atoms with E-state index in [1.54, 1.807) is 12.5 Å². The lowest BCUT2D eigenvalue weighted by Gasteiger charge is -2.25. The highest BCUT2D eigenvalue weighted by atomic mass is 16.3. The maximum Gasteiger partial charge on any atom is 0.225 e. The van der Waals surface area contributed by atoms with Crippen LogP contribution in [0.25, 0.3) is 0 Å². The van der Waals surface area contributed by atoms with E-state index in [0.717, 1.165) is 12.8 Å². The number of carbonyl (C=O) groups excluding carboxylic acids is 1. The van der Waals surface area contributed by atoms with Gasteiger partial charge in [-0.3, -0.25) is 4.79 Å². The number of imidazole rings is 1. The Morgan fingerprint density at radius 1 is 1.56 bits per heavy atom. The van der Waals surface area contributed by atoms with Crippen molar-refractivity contribution in [2.45, 2.75) is 52.0 Å². The van der Waals surface area contributed by atoms with E-state index in [1.807, 2.05) is 18.4 Å². The van der Waals surface area contributed by atoms with Gasteiger partial charge in [0.1, 0.15) is 0 Å². The third-order valence-electron chi connectivity index (χ3n) is 3.03. The number of nitrogens with zero attached hydrogens (tertiary/aromatic N) is 2. The topological polar surface area (TPSA) is 67.2 Å². The van der Waals surface area contributed by atoms with Gasteiger partial charge in [-0.05, 0) is 26.7 Å². The molecule has 0 aromatic carbocycles. The summed E-state index contributed by atoms with van der Waals surface area (Å²) in [5.74, 6) is 0.573. The van der Waals surface area contributed by atoms with Gasteiger partial charge in [0.15, 0.2) is 5.82 Å². The number of nitrogens with one attached hydrogen (secondary N) is 1. The Kier molecular flexibility index (Phi) is 5.34. The number of carbonyl (C=O) groups is 1. The molecule has 0 atom stereocenters. The summed E-state index contributed by atoms with van der Waals surface area (Å²) in [6.45, 7) is 6.23. The Bertz CT molecular complexity index is 385. The second kappa shape index (κ2) is 6.54. The molecule has 1 aromatic rings. The molecule has 0 saturated carbocycles. The van der Waals surface area contributed by atoms with Gasteiger partial charge in [-0.15, -0.1) is 0 Å². The van der Waals surface area contributed by atoms with E-state index in [0.29, 0.717) is 18.7 Å². The Balaban J connectivity index is 2.60. The van der Waals surface area contributed by atoms with Crippen molar-refractivity contribution in [3.63, 3.8) is 0 Å². The van der Waals surface area contributed by atoms with Crippen molar-refractivity contribution in [2.75, 3.05) is 11.9 Å². The molecule has 1 amide bonds. The number of hydrogen-bond acceptors (Lipinski definition) is 3. The number of aliphatic hydroxyl groups is 1. The standard InChI is InChI=1S/C13H23N3O2/c1-4-5-6-12(18)15-11-9-16(10-14-11)13(2,3)7-8-17/h9-10,17H,4-8H2,1-3H3,(H,15,18). The number of aromatic nitrogens is 2. The number of amides is 1. The first-order chi connectivity index (χ1) is 8.49. The zero-order valence-electron chi connectivity index (χ0n) is 11.4. The summed E-state index contributed by atoms with van der Waals surface area (Å²) in [5.41, 5.74) is -0.200. The lowest BCUT2D eigenvalue weighted by Crippen LogP contribution is -2.26. The maximum atomic E-state index is 11.6. The molecule has 1 heterocycles. The molecule has 0 unspecified atom stereocenters. The number of hydrogen-bond donors (Lipinski definition) is 2. The van der Waals surface area contributed by atoms with Crippen molar-refractivity contribution in [1.29, 1.82) is 0 Å². The summed E-state index contributed by atoms with van der Waals surface area (Å²) in [4.78, 5) is 15.7. The molecule has 0 saturated heterocycles. The third kappa shape index (κ3) is 4.14. The fraction of sp³-hybridized carbons (Fsp3) is 0.692. The fourth-order valence-electron chi connectivity index (χ4n) is 1.66. The normalized spacial score (nSPS) is 11.6. The van der Waals surface area contributed by atoms with E-state index in [1.165, 1.54) is 0 Å². The Hall–Kier alpha value is -1.36. The molecule has 0 fully saturated rings. The Morgan fingerprint density at radius 2 is 2.28 bits per heavy atom.